The smallest absolute Gasteiger partial charge is 0.251 e. The monoisotopic (exact) mass is 287 g/mol. The Morgan fingerprint density at radius 2 is 1.89 bits per heavy atom. The molecule has 106 valence electrons. The van der Waals surface area contributed by atoms with Gasteiger partial charge >= 0.3 is 0 Å². The number of benzene rings is 1. The van der Waals surface area contributed by atoms with Gasteiger partial charge in [-0.15, -0.1) is 0 Å². The first-order valence-electron chi connectivity index (χ1n) is 6.09. The molecule has 6 heteroatoms. The van der Waals surface area contributed by atoms with E-state index in [4.69, 9.17) is 4.74 Å². The Hall–Kier alpha value is -1.17. The van der Waals surface area contributed by atoms with Crippen molar-refractivity contribution in [2.75, 3.05) is 39.4 Å². The van der Waals surface area contributed by atoms with Crippen molar-refractivity contribution in [3.8, 4) is 0 Å². The fourth-order valence-electron chi connectivity index (χ4n) is 1.86. The SMILES string of the molecule is O=C(NCCN1CCOCC1)c1ccc(F)cc1.[Cl-]. The van der Waals surface area contributed by atoms with E-state index in [1.807, 2.05) is 0 Å². The van der Waals surface area contributed by atoms with Crippen LogP contribution in [-0.2, 0) is 4.74 Å². The molecule has 1 heterocycles. The first-order chi connectivity index (χ1) is 8.75. The van der Waals surface area contributed by atoms with E-state index in [1.165, 1.54) is 24.3 Å². The lowest BCUT2D eigenvalue weighted by Gasteiger charge is -2.26. The number of nitrogens with zero attached hydrogens (tertiary/aromatic N) is 1. The minimum atomic E-state index is -0.333. The Morgan fingerprint density at radius 1 is 1.26 bits per heavy atom. The van der Waals surface area contributed by atoms with Crippen LogP contribution in [0.2, 0.25) is 0 Å². The zero-order valence-corrected chi connectivity index (χ0v) is 11.3. The molecule has 1 aromatic carbocycles. The van der Waals surface area contributed by atoms with Crippen LogP contribution in [0.4, 0.5) is 4.39 Å². The van der Waals surface area contributed by atoms with Crippen LogP contribution in [0, 0.1) is 5.82 Å². The van der Waals surface area contributed by atoms with Crippen LogP contribution in [0.5, 0.6) is 0 Å². The van der Waals surface area contributed by atoms with Gasteiger partial charge in [-0.3, -0.25) is 9.69 Å². The Labute approximate surface area is 118 Å². The summed E-state index contributed by atoms with van der Waals surface area (Å²) in [5.41, 5.74) is 0.485. The molecule has 2 rings (SSSR count). The maximum absolute atomic E-state index is 12.7. The molecule has 4 nitrogen and oxygen atoms in total. The number of nitrogens with one attached hydrogen (secondary N) is 1. The van der Waals surface area contributed by atoms with Crippen molar-refractivity contribution in [2.45, 2.75) is 0 Å². The number of halogens is 2. The Bertz CT molecular complexity index is 394. The van der Waals surface area contributed by atoms with E-state index < -0.39 is 0 Å². The second-order valence-corrected chi connectivity index (χ2v) is 4.22. The molecule has 1 amide bonds. The predicted octanol–water partition coefficient (Wildman–Crippen LogP) is -2.11. The summed E-state index contributed by atoms with van der Waals surface area (Å²) in [5, 5.41) is 2.82. The average molecular weight is 288 g/mol. The third-order valence-electron chi connectivity index (χ3n) is 2.92. The number of morpholine rings is 1. The van der Waals surface area contributed by atoms with Crippen LogP contribution < -0.4 is 17.7 Å². The van der Waals surface area contributed by atoms with E-state index in [1.54, 1.807) is 0 Å². The summed E-state index contributed by atoms with van der Waals surface area (Å²) < 4.78 is 17.9. The minimum Gasteiger partial charge on any atom is -1.00 e. The number of carbonyl (C=O) groups excluding carboxylic acids is 1. The molecule has 0 radical (unpaired) electrons. The summed E-state index contributed by atoms with van der Waals surface area (Å²) in [7, 11) is 0. The molecular weight excluding hydrogens is 271 g/mol. The summed E-state index contributed by atoms with van der Waals surface area (Å²) in [6.45, 7) is 4.74. The fraction of sp³-hybridized carbons (Fsp3) is 0.462. The molecule has 0 spiro atoms. The highest BCUT2D eigenvalue weighted by Crippen LogP contribution is 2.02. The highest BCUT2D eigenvalue weighted by Gasteiger charge is 2.10. The van der Waals surface area contributed by atoms with Crippen molar-refractivity contribution in [2.24, 2.45) is 0 Å². The lowest BCUT2D eigenvalue weighted by molar-refractivity contribution is -0.0000150. The van der Waals surface area contributed by atoms with Crippen molar-refractivity contribution in [3.63, 3.8) is 0 Å². The number of hydrogen-bond donors (Lipinski definition) is 1. The lowest BCUT2D eigenvalue weighted by Crippen LogP contribution is -3.00. The second-order valence-electron chi connectivity index (χ2n) is 4.22. The van der Waals surface area contributed by atoms with Crippen molar-refractivity contribution in [1.82, 2.24) is 10.2 Å². The maximum Gasteiger partial charge on any atom is 0.251 e. The standard InChI is InChI=1S/C13H17FN2O2.ClH/c14-12-3-1-11(2-4-12)13(17)15-5-6-16-7-9-18-10-8-16;/h1-4H,5-10H2,(H,15,17);1H/p-1. The van der Waals surface area contributed by atoms with E-state index >= 15 is 0 Å². The molecule has 0 saturated carbocycles. The summed E-state index contributed by atoms with van der Waals surface area (Å²) in [5.74, 6) is -0.497. The van der Waals surface area contributed by atoms with Crippen molar-refractivity contribution < 1.29 is 26.3 Å². The first-order valence-corrected chi connectivity index (χ1v) is 6.09. The van der Waals surface area contributed by atoms with Gasteiger partial charge in [0, 0.05) is 31.7 Å². The molecule has 0 bridgehead atoms. The molecule has 0 aromatic heterocycles. The summed E-state index contributed by atoms with van der Waals surface area (Å²) in [6.07, 6.45) is 0. The first kappa shape index (κ1) is 15.9. The zero-order chi connectivity index (χ0) is 12.8. The third-order valence-corrected chi connectivity index (χ3v) is 2.92. The van der Waals surface area contributed by atoms with E-state index in [0.717, 1.165) is 32.8 Å². The van der Waals surface area contributed by atoms with E-state index in [2.05, 4.69) is 10.2 Å². The molecule has 1 N–H and O–H groups in total. The number of ether oxygens (including phenoxy) is 1. The largest absolute Gasteiger partial charge is 1.00 e. The van der Waals surface area contributed by atoms with Gasteiger partial charge in [0.15, 0.2) is 0 Å². The number of hydrogen-bond acceptors (Lipinski definition) is 3. The van der Waals surface area contributed by atoms with Crippen molar-refractivity contribution >= 4 is 5.91 Å². The Balaban J connectivity index is 0.00000180. The van der Waals surface area contributed by atoms with Gasteiger partial charge in [0.1, 0.15) is 5.82 Å². The van der Waals surface area contributed by atoms with Crippen LogP contribution in [0.15, 0.2) is 24.3 Å². The van der Waals surface area contributed by atoms with Crippen molar-refractivity contribution in [3.05, 3.63) is 35.6 Å². The maximum atomic E-state index is 12.7. The molecule has 0 atom stereocenters. The number of carbonyl (C=O) groups is 1. The predicted molar refractivity (Wildman–Crippen MR) is 66.0 cm³/mol. The van der Waals surface area contributed by atoms with Gasteiger partial charge in [-0.1, -0.05) is 0 Å². The van der Waals surface area contributed by atoms with Crippen LogP contribution in [0.1, 0.15) is 10.4 Å². The molecule has 1 aromatic rings. The van der Waals surface area contributed by atoms with Gasteiger partial charge in [0.25, 0.3) is 5.91 Å². The van der Waals surface area contributed by atoms with Crippen LogP contribution in [0.3, 0.4) is 0 Å². The summed E-state index contributed by atoms with van der Waals surface area (Å²) in [6, 6.07) is 5.55. The van der Waals surface area contributed by atoms with Gasteiger partial charge in [-0.05, 0) is 24.3 Å². The van der Waals surface area contributed by atoms with E-state index in [9.17, 15) is 9.18 Å². The number of amides is 1. The average Bonchev–Trinajstić information content (AvgIpc) is 2.40. The summed E-state index contributed by atoms with van der Waals surface area (Å²) in [4.78, 5) is 14.0. The molecule has 0 unspecified atom stereocenters. The third kappa shape index (κ3) is 5.14. The van der Waals surface area contributed by atoms with Crippen LogP contribution in [0.25, 0.3) is 0 Å². The quantitative estimate of drug-likeness (QED) is 0.689. The topological polar surface area (TPSA) is 41.6 Å². The van der Waals surface area contributed by atoms with Gasteiger partial charge in [0.2, 0.25) is 0 Å². The molecule has 1 aliphatic heterocycles. The lowest BCUT2D eigenvalue weighted by atomic mass is 10.2. The molecule has 1 fully saturated rings. The molecule has 0 aliphatic carbocycles. The Kier molecular flexibility index (Phi) is 6.77. The van der Waals surface area contributed by atoms with Gasteiger partial charge in [-0.2, -0.15) is 0 Å². The molecule has 1 aliphatic rings. The normalized spacial score (nSPS) is 15.6. The number of rotatable bonds is 4. The fourth-order valence-corrected chi connectivity index (χ4v) is 1.86. The Morgan fingerprint density at radius 3 is 2.53 bits per heavy atom. The molecule has 19 heavy (non-hydrogen) atoms. The van der Waals surface area contributed by atoms with Crippen molar-refractivity contribution in [1.29, 1.82) is 0 Å². The molecule has 1 saturated heterocycles. The van der Waals surface area contributed by atoms with Gasteiger partial charge in [-0.25, -0.2) is 4.39 Å². The van der Waals surface area contributed by atoms with Gasteiger partial charge in [0.05, 0.1) is 13.2 Å². The second kappa shape index (κ2) is 8.09. The van der Waals surface area contributed by atoms with E-state index in [0.29, 0.717) is 12.1 Å². The van der Waals surface area contributed by atoms with Crippen LogP contribution >= 0.6 is 0 Å². The zero-order valence-electron chi connectivity index (χ0n) is 10.6. The van der Waals surface area contributed by atoms with Gasteiger partial charge < -0.3 is 22.5 Å². The van der Waals surface area contributed by atoms with Crippen LogP contribution in [-0.4, -0.2) is 50.2 Å². The summed E-state index contributed by atoms with van der Waals surface area (Å²) >= 11 is 0. The molecular formula is C13H17ClFN2O2-. The van der Waals surface area contributed by atoms with E-state index in [-0.39, 0.29) is 24.1 Å². The highest BCUT2D eigenvalue weighted by molar-refractivity contribution is 5.94. The minimum absolute atomic E-state index is 0. The highest BCUT2D eigenvalue weighted by atomic mass is 35.5.